The predicted octanol–water partition coefficient (Wildman–Crippen LogP) is 8.24. The fourth-order valence-corrected chi connectivity index (χ4v) is 6.84. The van der Waals surface area contributed by atoms with Gasteiger partial charge in [0.05, 0.1) is 32.1 Å². The third-order valence-corrected chi connectivity index (χ3v) is 9.58. The minimum absolute atomic E-state index is 0. The van der Waals surface area contributed by atoms with E-state index in [1.807, 2.05) is 12.1 Å². The van der Waals surface area contributed by atoms with E-state index in [0.29, 0.717) is 19.0 Å². The van der Waals surface area contributed by atoms with E-state index in [-0.39, 0.29) is 53.3 Å². The number of pyridine rings is 3. The van der Waals surface area contributed by atoms with Gasteiger partial charge in [-0.25, -0.2) is 14.4 Å². The van der Waals surface area contributed by atoms with Gasteiger partial charge in [0.15, 0.2) is 11.5 Å². The Kier molecular flexibility index (Phi) is 17.5. The number of imidazole rings is 1. The van der Waals surface area contributed by atoms with Crippen molar-refractivity contribution < 1.29 is 58.7 Å². The molecular weight excluding hydrogens is 884 g/mol. The number of aryl methyl sites for hydroxylation is 1. The first-order valence-corrected chi connectivity index (χ1v) is 19.1. The standard InChI is InChI=1S/C22H24N3O2S.C18H12N3O6.CNS.Ru/c1-2-3-4-5-6-18-20-21(27-14-13-26-20)19(28-18)8-7-16-9-10-23-17(15-16)22-24-11-12-25-22;22-16(23)9-1-3-19-12(5-9)14-7-11(18(26)27)8-15(21-14)13-6-10(17(24)25)2-4-20-13;2-1-3;/h7-12,15H,2-6,13-14H2,1H3;1-8,14H,(H,22,23)(H,24,25)(H,26,27);;/q3*-1;+3/b8-7+;;;. The Bertz CT molecular complexity index is 2370. The molecule has 59 heavy (non-hydrogen) atoms. The van der Waals surface area contributed by atoms with Crippen LogP contribution in [0.4, 0.5) is 0 Å². The summed E-state index contributed by atoms with van der Waals surface area (Å²) in [5.41, 5.74) is 2.29. The van der Waals surface area contributed by atoms with E-state index in [9.17, 15) is 19.5 Å². The average molecular weight is 920 g/mol. The van der Waals surface area contributed by atoms with Gasteiger partial charge < -0.3 is 45.5 Å². The molecule has 1 unspecified atom stereocenters. The predicted molar refractivity (Wildman–Crippen MR) is 221 cm³/mol. The van der Waals surface area contributed by atoms with E-state index in [0.717, 1.165) is 34.1 Å². The van der Waals surface area contributed by atoms with Gasteiger partial charge in [-0.15, -0.1) is 17.0 Å². The number of aromatic carboxylic acids is 2. The van der Waals surface area contributed by atoms with E-state index >= 15 is 0 Å². The van der Waals surface area contributed by atoms with Crippen LogP contribution in [0.15, 0.2) is 85.1 Å². The van der Waals surface area contributed by atoms with Gasteiger partial charge in [0.25, 0.3) is 0 Å². The van der Waals surface area contributed by atoms with Crippen molar-refractivity contribution in [1.29, 1.82) is 0 Å². The van der Waals surface area contributed by atoms with Crippen molar-refractivity contribution >= 4 is 64.5 Å². The molecule has 0 amide bonds. The quantitative estimate of drug-likeness (QED) is 0.0437. The summed E-state index contributed by atoms with van der Waals surface area (Å²) in [7, 11) is 0. The normalized spacial score (nSPS) is 13.7. The second-order valence-corrected chi connectivity index (χ2v) is 13.7. The number of fused-ring (bicyclic) bond motifs is 1. The Morgan fingerprint density at radius 2 is 1.56 bits per heavy atom. The number of aromatic nitrogens is 5. The molecule has 303 valence electrons. The minimum Gasteiger partial charge on any atom is -0.753 e. The molecule has 0 saturated heterocycles. The van der Waals surface area contributed by atoms with Crippen LogP contribution in [0.1, 0.15) is 86.1 Å². The molecule has 5 aromatic heterocycles. The number of thiophene rings is 1. The van der Waals surface area contributed by atoms with Crippen molar-refractivity contribution in [3.05, 3.63) is 134 Å². The molecule has 1 atom stereocenters. The van der Waals surface area contributed by atoms with Crippen molar-refractivity contribution in [2.24, 2.45) is 0 Å². The second kappa shape index (κ2) is 22.7. The number of carboxylic acid groups (broad SMARTS) is 3. The average Bonchev–Trinajstić information content (AvgIpc) is 3.91. The number of thiocarbonyl (C=S) groups is 1. The number of unbranched alkanes of at least 4 members (excludes halogenated alkanes) is 3. The summed E-state index contributed by atoms with van der Waals surface area (Å²) < 4.78 is 11.9. The summed E-state index contributed by atoms with van der Waals surface area (Å²) in [6, 6.07) is 8.31. The topological polar surface area (TPSA) is 232 Å². The molecule has 1 radical (unpaired) electrons. The third kappa shape index (κ3) is 12.7. The zero-order valence-electron chi connectivity index (χ0n) is 31.4. The van der Waals surface area contributed by atoms with Crippen LogP contribution in [0.25, 0.3) is 40.1 Å². The van der Waals surface area contributed by atoms with Crippen LogP contribution in [-0.2, 0) is 30.7 Å². The zero-order valence-corrected chi connectivity index (χ0v) is 34.7. The second-order valence-electron chi connectivity index (χ2n) is 12.4. The number of rotatable bonds is 13. The van der Waals surface area contributed by atoms with Gasteiger partial charge in [-0.05, 0) is 66.7 Å². The molecule has 0 aromatic carbocycles. The number of hydrogen-bond acceptors (Lipinski definition) is 11. The first kappa shape index (κ1) is 45.5. The largest absolute Gasteiger partial charge is 3.00 e. The van der Waals surface area contributed by atoms with Crippen molar-refractivity contribution in [3.63, 3.8) is 0 Å². The van der Waals surface area contributed by atoms with E-state index in [1.54, 1.807) is 29.9 Å². The number of carbonyl (C=O) groups is 3. The monoisotopic (exact) mass is 920 g/mol. The van der Waals surface area contributed by atoms with E-state index in [4.69, 9.17) is 25.1 Å². The molecule has 2 aliphatic heterocycles. The Morgan fingerprint density at radius 1 is 0.881 bits per heavy atom. The summed E-state index contributed by atoms with van der Waals surface area (Å²) in [4.78, 5) is 57.1. The number of ether oxygens (including phenoxy) is 2. The molecule has 7 heterocycles. The van der Waals surface area contributed by atoms with Crippen LogP contribution in [0.2, 0.25) is 0 Å². The maximum Gasteiger partial charge on any atom is 3.00 e. The van der Waals surface area contributed by atoms with Gasteiger partial charge in [0, 0.05) is 30.0 Å². The Labute approximate surface area is 361 Å². The molecule has 0 spiro atoms. The van der Waals surface area contributed by atoms with Gasteiger partial charge in [-0.3, -0.25) is 15.0 Å². The number of nitrogens with zero attached hydrogens (tertiary/aromatic N) is 7. The first-order chi connectivity index (χ1) is 28.1. The molecule has 0 saturated carbocycles. The van der Waals surface area contributed by atoms with Gasteiger partial charge in [-0.1, -0.05) is 75.1 Å². The summed E-state index contributed by atoms with van der Waals surface area (Å²) in [5, 5.41) is 40.4. The van der Waals surface area contributed by atoms with Crippen LogP contribution in [-0.4, -0.2) is 71.5 Å². The number of isothiocyanates is 1. The summed E-state index contributed by atoms with van der Waals surface area (Å²) in [6.45, 7) is 3.47. The van der Waals surface area contributed by atoms with Gasteiger partial charge in [0.1, 0.15) is 13.2 Å². The SMILES string of the molecule is CCCCCCc1sc(/C=C/c2ccnc(-c3ncc[n-]3)c2)c2c1OCCO2.O=C(O)C1=CC(c2cc(C(=O)O)ccn2)[N-]C(c2cc(C(=O)O)ccn2)=C1.[N-]=C=S.[Ru+3]. The van der Waals surface area contributed by atoms with Crippen LogP contribution in [0, 0.1) is 0 Å². The van der Waals surface area contributed by atoms with Crippen molar-refractivity contribution in [2.75, 3.05) is 13.2 Å². The van der Waals surface area contributed by atoms with Crippen molar-refractivity contribution in [1.82, 2.24) is 24.9 Å². The molecule has 0 fully saturated rings. The summed E-state index contributed by atoms with van der Waals surface area (Å²) >= 11 is 5.48. The molecule has 5 aromatic rings. The smallest absolute Gasteiger partial charge is 0.753 e. The van der Waals surface area contributed by atoms with E-state index in [2.05, 4.69) is 61.5 Å². The van der Waals surface area contributed by atoms with Gasteiger partial charge in [0.2, 0.25) is 0 Å². The molecule has 15 nitrogen and oxygen atoms in total. The Balaban J connectivity index is 0.000000241. The molecule has 18 heteroatoms. The minimum atomic E-state index is -1.21. The Hall–Kier alpha value is -6.19. The van der Waals surface area contributed by atoms with Crippen LogP contribution >= 0.6 is 23.6 Å². The van der Waals surface area contributed by atoms with Gasteiger partial charge >= 0.3 is 37.4 Å². The first-order valence-electron chi connectivity index (χ1n) is 17.9. The van der Waals surface area contributed by atoms with Crippen LogP contribution in [0.3, 0.4) is 0 Å². The molecule has 7 rings (SSSR count). The van der Waals surface area contributed by atoms with Crippen molar-refractivity contribution in [3.8, 4) is 23.0 Å². The number of hydrogen-bond donors (Lipinski definition) is 3. The third-order valence-electron chi connectivity index (χ3n) is 8.41. The maximum atomic E-state index is 11.5. The fourth-order valence-electron chi connectivity index (χ4n) is 5.70. The maximum absolute atomic E-state index is 11.5. The molecule has 2 aliphatic rings. The Morgan fingerprint density at radius 3 is 2.24 bits per heavy atom. The molecule has 0 aliphatic carbocycles. The van der Waals surface area contributed by atoms with Gasteiger partial charge in [-0.2, -0.15) is 5.16 Å². The molecular formula is C41H36N7O8RuS2. The summed E-state index contributed by atoms with van der Waals surface area (Å²) in [6.07, 6.45) is 20.6. The van der Waals surface area contributed by atoms with Crippen LogP contribution < -0.4 is 14.5 Å². The zero-order chi connectivity index (χ0) is 41.4. The summed E-state index contributed by atoms with van der Waals surface area (Å²) in [5.74, 6) is -1.02. The molecule has 0 bridgehead atoms. The fraction of sp³-hybridized carbons (Fsp3) is 0.220. The van der Waals surface area contributed by atoms with Crippen molar-refractivity contribution in [2.45, 2.75) is 45.1 Å². The number of carboxylic acids is 3. The van der Waals surface area contributed by atoms with E-state index < -0.39 is 23.9 Å². The number of aliphatic carboxylic acids is 1. The van der Waals surface area contributed by atoms with E-state index in [1.165, 1.54) is 84.5 Å². The molecule has 3 N–H and O–H groups in total. The van der Waals surface area contributed by atoms with Crippen LogP contribution in [0.5, 0.6) is 11.5 Å².